The van der Waals surface area contributed by atoms with E-state index in [1.54, 1.807) is 0 Å². The molecular weight excluding hydrogens is 492 g/mol. The number of aliphatic hydroxyl groups is 4. The van der Waals surface area contributed by atoms with E-state index in [1.807, 2.05) is 0 Å². The van der Waals surface area contributed by atoms with Gasteiger partial charge in [0.2, 0.25) is 17.8 Å². The zero-order valence-corrected chi connectivity index (χ0v) is 18.8. The second-order valence-electron chi connectivity index (χ2n) is 7.68. The number of fused-ring (bicyclic) bond motifs is 1. The minimum Gasteiger partial charge on any atom is -1.00 e. The first-order valence-corrected chi connectivity index (χ1v) is 10.0. The summed E-state index contributed by atoms with van der Waals surface area (Å²) in [6.07, 6.45) is -7.88. The third-order valence-electron chi connectivity index (χ3n) is 5.44. The number of ether oxygens (including phenoxy) is 3. The number of methoxy groups -OCH3 is 1. The molecule has 0 radical (unpaired) electrons. The summed E-state index contributed by atoms with van der Waals surface area (Å²) in [4.78, 5) is 0. The minimum absolute atomic E-state index is 0. The van der Waals surface area contributed by atoms with Gasteiger partial charge in [0.25, 0.3) is 0 Å². The van der Waals surface area contributed by atoms with Crippen molar-refractivity contribution >= 4 is 11.0 Å². The van der Waals surface area contributed by atoms with Crippen LogP contribution < -0.4 is 21.9 Å². The van der Waals surface area contributed by atoms with Gasteiger partial charge in [0.15, 0.2) is 11.5 Å². The highest BCUT2D eigenvalue weighted by Crippen LogP contribution is 2.45. The van der Waals surface area contributed by atoms with Crippen molar-refractivity contribution in [1.29, 1.82) is 0 Å². The summed E-state index contributed by atoms with van der Waals surface area (Å²) >= 11 is 0. The smallest absolute Gasteiger partial charge is 0.402 e. The Balaban J connectivity index is 0.00000342. The van der Waals surface area contributed by atoms with E-state index in [0.29, 0.717) is 0 Å². The van der Waals surface area contributed by atoms with Crippen molar-refractivity contribution in [3.05, 3.63) is 30.3 Å². The molecule has 0 aliphatic carbocycles. The van der Waals surface area contributed by atoms with Crippen LogP contribution in [0.15, 0.2) is 34.7 Å². The number of aromatic hydroxyl groups is 4. The predicted octanol–water partition coefficient (Wildman–Crippen LogP) is -2.61. The van der Waals surface area contributed by atoms with E-state index in [9.17, 15) is 40.9 Å². The number of halogens is 1. The van der Waals surface area contributed by atoms with Gasteiger partial charge in [-0.25, -0.2) is 4.42 Å². The fourth-order valence-corrected chi connectivity index (χ4v) is 3.64. The summed E-state index contributed by atoms with van der Waals surface area (Å²) in [6, 6.07) is 6.01. The van der Waals surface area contributed by atoms with Crippen molar-refractivity contribution in [3.8, 4) is 45.8 Å². The van der Waals surface area contributed by atoms with Crippen LogP contribution >= 0.6 is 0 Å². The fraction of sp³-hybridized carbons (Fsp3) is 0.318. The van der Waals surface area contributed by atoms with Gasteiger partial charge in [-0.3, -0.25) is 0 Å². The van der Waals surface area contributed by atoms with Crippen molar-refractivity contribution < 1.29 is 71.9 Å². The highest BCUT2D eigenvalue weighted by molar-refractivity contribution is 5.88. The molecule has 0 amide bonds. The van der Waals surface area contributed by atoms with Gasteiger partial charge in [-0.1, -0.05) is 0 Å². The van der Waals surface area contributed by atoms with Crippen LogP contribution in [-0.2, 0) is 4.74 Å². The summed E-state index contributed by atoms with van der Waals surface area (Å²) in [5, 5.41) is 80.1. The van der Waals surface area contributed by atoms with Crippen molar-refractivity contribution in [2.45, 2.75) is 30.7 Å². The molecule has 4 rings (SSSR count). The van der Waals surface area contributed by atoms with Gasteiger partial charge in [0.1, 0.15) is 41.3 Å². The minimum atomic E-state index is -1.74. The van der Waals surface area contributed by atoms with E-state index >= 15 is 0 Å². The summed E-state index contributed by atoms with van der Waals surface area (Å²) in [6.45, 7) is -0.678. The quantitative estimate of drug-likeness (QED) is 0.130. The third-order valence-corrected chi connectivity index (χ3v) is 5.44. The highest BCUT2D eigenvalue weighted by Gasteiger charge is 2.45. The van der Waals surface area contributed by atoms with Gasteiger partial charge in [0, 0.05) is 24.3 Å². The van der Waals surface area contributed by atoms with E-state index in [4.69, 9.17) is 18.6 Å². The molecule has 12 nitrogen and oxygen atoms in total. The van der Waals surface area contributed by atoms with Crippen molar-refractivity contribution in [3.63, 3.8) is 0 Å². The normalized spacial score (nSPS) is 24.1. The molecule has 0 unspecified atom stereocenters. The van der Waals surface area contributed by atoms with E-state index < -0.39 is 48.8 Å². The van der Waals surface area contributed by atoms with Gasteiger partial charge in [-0.2, -0.15) is 0 Å². The first-order valence-electron chi connectivity index (χ1n) is 10.0. The van der Waals surface area contributed by atoms with Crippen LogP contribution in [-0.4, -0.2) is 85.3 Å². The lowest BCUT2D eigenvalue weighted by molar-refractivity contribution is -0.277. The second-order valence-corrected chi connectivity index (χ2v) is 7.68. The average Bonchev–Trinajstić information content (AvgIpc) is 2.81. The van der Waals surface area contributed by atoms with Crippen LogP contribution in [0.4, 0.5) is 0 Å². The molecule has 2 heterocycles. The molecule has 5 atom stereocenters. The Kier molecular flexibility index (Phi) is 7.65. The van der Waals surface area contributed by atoms with Crippen LogP contribution in [0.25, 0.3) is 22.3 Å². The molecule has 0 saturated carbocycles. The summed E-state index contributed by atoms with van der Waals surface area (Å²) in [5.41, 5.74) is 0.136. The van der Waals surface area contributed by atoms with E-state index in [2.05, 4.69) is 0 Å². The molecule has 1 saturated heterocycles. The summed E-state index contributed by atoms with van der Waals surface area (Å²) in [7, 11) is 1.26. The lowest BCUT2D eigenvalue weighted by Gasteiger charge is -2.39. The Morgan fingerprint density at radius 2 is 1.60 bits per heavy atom. The van der Waals surface area contributed by atoms with Gasteiger partial charge in [0.05, 0.1) is 25.3 Å². The Morgan fingerprint density at radius 3 is 2.26 bits per heavy atom. The Bertz CT molecular complexity index is 1220. The maximum Gasteiger partial charge on any atom is 0.402 e. The molecule has 3 aromatic rings. The number of hydrogen-bond donors (Lipinski definition) is 8. The number of hydrogen-bond acceptors (Lipinski definition) is 11. The predicted molar refractivity (Wildman–Crippen MR) is 114 cm³/mol. The van der Waals surface area contributed by atoms with Gasteiger partial charge >= 0.3 is 11.3 Å². The summed E-state index contributed by atoms with van der Waals surface area (Å²) < 4.78 is 22.0. The zero-order valence-electron chi connectivity index (χ0n) is 18.1. The largest absolute Gasteiger partial charge is 1.00 e. The molecule has 1 aromatic heterocycles. The Labute approximate surface area is 203 Å². The second kappa shape index (κ2) is 10.2. The van der Waals surface area contributed by atoms with Crippen LogP contribution in [0, 0.1) is 0 Å². The number of aliphatic hydroxyl groups excluding tert-OH is 4. The molecule has 1 aliphatic rings. The first kappa shape index (κ1) is 26.3. The lowest BCUT2D eigenvalue weighted by Crippen LogP contribution is -3.00. The topological polar surface area (TPSA) is 201 Å². The van der Waals surface area contributed by atoms with Gasteiger partial charge in [-0.15, -0.1) is 0 Å². The lowest BCUT2D eigenvalue weighted by atomic mass is 9.99. The van der Waals surface area contributed by atoms with Gasteiger partial charge in [-0.05, 0) is 0 Å². The molecule has 2 aromatic carbocycles. The number of phenols is 4. The molecule has 0 spiro atoms. The van der Waals surface area contributed by atoms with Crippen LogP contribution in [0.1, 0.15) is 0 Å². The highest BCUT2D eigenvalue weighted by atomic mass is 35.5. The molecule has 8 N–H and O–H groups in total. The van der Waals surface area contributed by atoms with Crippen LogP contribution in [0.5, 0.6) is 34.5 Å². The Morgan fingerprint density at radius 1 is 0.886 bits per heavy atom. The van der Waals surface area contributed by atoms with E-state index in [1.165, 1.54) is 25.3 Å². The first-order chi connectivity index (χ1) is 16.1. The SMILES string of the molecule is COc1cc(-c2[o+]c3cc(O)cc(O)c3cc2O[C@H]2O[C@@H](CO)[C@H](O)[C@@H](O)[C@@H]2O)cc(O)c1O.[Cl-]. The third kappa shape index (κ3) is 4.80. The van der Waals surface area contributed by atoms with Crippen molar-refractivity contribution in [2.75, 3.05) is 13.7 Å². The number of rotatable bonds is 5. The maximum atomic E-state index is 10.4. The van der Waals surface area contributed by atoms with E-state index in [-0.39, 0.29) is 57.7 Å². The Hall–Kier alpha value is -3.26. The summed E-state index contributed by atoms with van der Waals surface area (Å²) in [5.74, 6) is -2.12. The number of benzene rings is 2. The molecule has 0 bridgehead atoms. The van der Waals surface area contributed by atoms with Gasteiger partial charge < -0.3 is 67.5 Å². The standard InChI is InChI=1S/C22H22O12.ClH/c1-31-14-3-8(2-12(26)17(14)27)21-15(6-10-11(25)4-9(24)5-13(10)32-21)33-22-20(30)19(29)18(28)16(7-23)34-22;/h2-6,16,18-20,22-23,28-30H,7H2,1H3,(H3-,24,25,26,27);1H/t16-,18-,19+,20-,22-;/m0./s1. The van der Waals surface area contributed by atoms with Crippen molar-refractivity contribution in [2.24, 2.45) is 0 Å². The van der Waals surface area contributed by atoms with E-state index in [0.717, 1.165) is 12.1 Å². The molecular formula is C22H23ClO12. The molecule has 35 heavy (non-hydrogen) atoms. The molecule has 190 valence electrons. The van der Waals surface area contributed by atoms with Crippen LogP contribution in [0.3, 0.4) is 0 Å². The maximum absolute atomic E-state index is 10.4. The monoisotopic (exact) mass is 514 g/mol. The molecule has 13 heteroatoms. The molecule has 1 aliphatic heterocycles. The number of phenolic OH excluding ortho intramolecular Hbond substituents is 4. The average molecular weight is 515 g/mol. The zero-order chi connectivity index (χ0) is 24.7. The fourth-order valence-electron chi connectivity index (χ4n) is 3.64. The molecule has 1 fully saturated rings. The van der Waals surface area contributed by atoms with Crippen LogP contribution in [0.2, 0.25) is 0 Å². The van der Waals surface area contributed by atoms with Crippen molar-refractivity contribution in [1.82, 2.24) is 0 Å².